The Bertz CT molecular complexity index is 1280. The summed E-state index contributed by atoms with van der Waals surface area (Å²) in [5, 5.41) is 27.3. The first-order chi connectivity index (χ1) is 16.8. The van der Waals surface area contributed by atoms with Crippen molar-refractivity contribution in [2.75, 3.05) is 24.3 Å². The van der Waals surface area contributed by atoms with Crippen LogP contribution in [0.25, 0.3) is 11.2 Å². The second-order valence-electron chi connectivity index (χ2n) is 9.18. The first-order valence-electron chi connectivity index (χ1n) is 11.6. The third-order valence-corrected chi connectivity index (χ3v) is 6.18. The van der Waals surface area contributed by atoms with Gasteiger partial charge in [0.25, 0.3) is 0 Å². The largest absolute Gasteiger partial charge is 0.504 e. The molecule has 2 heterocycles. The van der Waals surface area contributed by atoms with Crippen molar-refractivity contribution in [3.05, 3.63) is 66.0 Å². The Morgan fingerprint density at radius 1 is 1.06 bits per heavy atom. The van der Waals surface area contributed by atoms with Crippen LogP contribution in [-0.2, 0) is 13.1 Å². The highest BCUT2D eigenvalue weighted by molar-refractivity contribution is 5.84. The molecule has 0 radical (unpaired) electrons. The van der Waals surface area contributed by atoms with E-state index in [1.54, 1.807) is 26.2 Å². The number of phenols is 1. The van der Waals surface area contributed by atoms with E-state index in [2.05, 4.69) is 32.7 Å². The number of phenolic OH excluding ortho intramolecular Hbond substituents is 1. The first-order valence-corrected chi connectivity index (χ1v) is 11.6. The Morgan fingerprint density at radius 3 is 2.54 bits per heavy atom. The number of ether oxygens (including phenoxy) is 1. The summed E-state index contributed by atoms with van der Waals surface area (Å²) in [5.41, 5.74) is 2.28. The van der Waals surface area contributed by atoms with Crippen LogP contribution in [0.1, 0.15) is 31.9 Å². The molecule has 35 heavy (non-hydrogen) atoms. The van der Waals surface area contributed by atoms with Gasteiger partial charge < -0.3 is 30.2 Å². The smallest absolute Gasteiger partial charge is 0.226 e. The van der Waals surface area contributed by atoms with Gasteiger partial charge in [-0.05, 0) is 25.5 Å². The topological polar surface area (TPSA) is 117 Å². The van der Waals surface area contributed by atoms with E-state index in [4.69, 9.17) is 9.72 Å². The highest BCUT2D eigenvalue weighted by Crippen LogP contribution is 2.30. The minimum Gasteiger partial charge on any atom is -0.504 e. The number of imidazole rings is 1. The van der Waals surface area contributed by atoms with E-state index in [1.807, 2.05) is 41.8 Å². The lowest BCUT2D eigenvalue weighted by Crippen LogP contribution is -2.33. The summed E-state index contributed by atoms with van der Waals surface area (Å²) < 4.78 is 7.20. The molecular formula is C26H32N6O3. The fraction of sp³-hybridized carbons (Fsp3) is 0.346. The van der Waals surface area contributed by atoms with Crippen molar-refractivity contribution >= 4 is 22.9 Å². The molecule has 4 N–H and O–H groups in total. The number of aromatic hydroxyl groups is 1. The Hall–Kier alpha value is -3.85. The van der Waals surface area contributed by atoms with Crippen LogP contribution in [0.15, 0.2) is 54.9 Å². The highest BCUT2D eigenvalue weighted by Gasteiger charge is 2.23. The number of methoxy groups -OCH3 is 1. The number of hydrogen-bond acceptors (Lipinski definition) is 8. The number of hydrogen-bond donors (Lipinski definition) is 4. The number of benzene rings is 2. The molecule has 4 rings (SSSR count). The number of aliphatic hydroxyl groups is 1. The molecule has 0 amide bonds. The summed E-state index contributed by atoms with van der Waals surface area (Å²) in [5.74, 6) is 1.44. The molecule has 4 aromatic rings. The quantitative estimate of drug-likeness (QED) is 0.271. The zero-order chi connectivity index (χ0) is 25.0. The van der Waals surface area contributed by atoms with Gasteiger partial charge in [0.05, 0.1) is 25.6 Å². The standard InChI is InChI=1S/C26H32N6O3/c1-17(26(2,3)34)13-28-25-30-23(27-14-19-11-8-12-20(35-4)22(19)33)21-24(31-25)32(16-29-21)15-18-9-6-5-7-10-18/h5-12,16-17,33-34H,13-15H2,1-4H3,(H2,27,28,30,31). The highest BCUT2D eigenvalue weighted by atomic mass is 16.5. The lowest BCUT2D eigenvalue weighted by atomic mass is 9.93. The summed E-state index contributed by atoms with van der Waals surface area (Å²) in [4.78, 5) is 14.0. The molecule has 184 valence electrons. The normalized spacial score (nSPS) is 12.5. The summed E-state index contributed by atoms with van der Waals surface area (Å²) in [6, 6.07) is 15.5. The number of aromatic nitrogens is 4. The lowest BCUT2D eigenvalue weighted by Gasteiger charge is -2.26. The Kier molecular flexibility index (Phi) is 7.07. The zero-order valence-corrected chi connectivity index (χ0v) is 20.5. The number of fused-ring (bicyclic) bond motifs is 1. The number of rotatable bonds is 10. The molecule has 1 atom stereocenters. The maximum Gasteiger partial charge on any atom is 0.226 e. The summed E-state index contributed by atoms with van der Waals surface area (Å²) in [6.45, 7) is 6.97. The maximum atomic E-state index is 10.5. The fourth-order valence-electron chi connectivity index (χ4n) is 3.59. The predicted octanol–water partition coefficient (Wildman–Crippen LogP) is 4.02. The minimum absolute atomic E-state index is 0.0267. The lowest BCUT2D eigenvalue weighted by molar-refractivity contribution is 0.0303. The first kappa shape index (κ1) is 24.3. The van der Waals surface area contributed by atoms with Gasteiger partial charge in [-0.25, -0.2) is 4.98 Å². The molecule has 1 unspecified atom stereocenters. The van der Waals surface area contributed by atoms with Crippen LogP contribution < -0.4 is 15.4 Å². The van der Waals surface area contributed by atoms with Gasteiger partial charge in [-0.3, -0.25) is 0 Å². The summed E-state index contributed by atoms with van der Waals surface area (Å²) in [7, 11) is 1.52. The third-order valence-electron chi connectivity index (χ3n) is 6.18. The molecule has 0 bridgehead atoms. The molecule has 9 heteroatoms. The third kappa shape index (κ3) is 5.63. The molecule has 0 aliphatic rings. The molecule has 0 spiro atoms. The van der Waals surface area contributed by atoms with E-state index in [0.29, 0.717) is 53.9 Å². The predicted molar refractivity (Wildman–Crippen MR) is 137 cm³/mol. The van der Waals surface area contributed by atoms with Gasteiger partial charge in [0.2, 0.25) is 5.95 Å². The number of anilines is 2. The monoisotopic (exact) mass is 476 g/mol. The summed E-state index contributed by atoms with van der Waals surface area (Å²) in [6.07, 6.45) is 1.75. The number of nitrogens with zero attached hydrogens (tertiary/aromatic N) is 4. The van der Waals surface area contributed by atoms with E-state index in [0.717, 1.165) is 5.56 Å². The molecule has 9 nitrogen and oxygen atoms in total. The van der Waals surface area contributed by atoms with Crippen molar-refractivity contribution in [3.63, 3.8) is 0 Å². The molecule has 0 saturated carbocycles. The van der Waals surface area contributed by atoms with Gasteiger partial charge in [-0.15, -0.1) is 0 Å². The van der Waals surface area contributed by atoms with Crippen LogP contribution in [0.3, 0.4) is 0 Å². The molecule has 0 aliphatic carbocycles. The minimum atomic E-state index is -0.836. The van der Waals surface area contributed by atoms with Crippen LogP contribution in [0.5, 0.6) is 11.5 Å². The van der Waals surface area contributed by atoms with Crippen molar-refractivity contribution < 1.29 is 14.9 Å². The van der Waals surface area contributed by atoms with E-state index >= 15 is 0 Å². The van der Waals surface area contributed by atoms with Crippen LogP contribution in [0.4, 0.5) is 11.8 Å². The Morgan fingerprint density at radius 2 is 1.83 bits per heavy atom. The average Bonchev–Trinajstić information content (AvgIpc) is 3.24. The van der Waals surface area contributed by atoms with Crippen molar-refractivity contribution in [2.24, 2.45) is 5.92 Å². The zero-order valence-electron chi connectivity index (χ0n) is 20.5. The summed E-state index contributed by atoms with van der Waals surface area (Å²) >= 11 is 0. The van der Waals surface area contributed by atoms with Crippen LogP contribution in [0, 0.1) is 5.92 Å². The van der Waals surface area contributed by atoms with Crippen LogP contribution in [-0.4, -0.2) is 49.0 Å². The van der Waals surface area contributed by atoms with Crippen LogP contribution in [0.2, 0.25) is 0 Å². The average molecular weight is 477 g/mol. The van der Waals surface area contributed by atoms with Crippen molar-refractivity contribution in [1.82, 2.24) is 19.5 Å². The van der Waals surface area contributed by atoms with Gasteiger partial charge in [0.15, 0.2) is 28.5 Å². The van der Waals surface area contributed by atoms with Crippen molar-refractivity contribution in [2.45, 2.75) is 39.5 Å². The van der Waals surface area contributed by atoms with Crippen molar-refractivity contribution in [1.29, 1.82) is 0 Å². The fourth-order valence-corrected chi connectivity index (χ4v) is 3.59. The van der Waals surface area contributed by atoms with Crippen LogP contribution >= 0.6 is 0 Å². The van der Waals surface area contributed by atoms with Gasteiger partial charge in [0, 0.05) is 24.6 Å². The number of para-hydroxylation sites is 1. The molecule has 2 aromatic heterocycles. The molecule has 0 saturated heterocycles. The van der Waals surface area contributed by atoms with E-state index < -0.39 is 5.60 Å². The van der Waals surface area contributed by atoms with Gasteiger partial charge >= 0.3 is 0 Å². The molecule has 0 fully saturated rings. The number of nitrogens with one attached hydrogen (secondary N) is 2. The second-order valence-corrected chi connectivity index (χ2v) is 9.18. The molecule has 0 aliphatic heterocycles. The van der Waals surface area contributed by atoms with E-state index in [-0.39, 0.29) is 11.7 Å². The van der Waals surface area contributed by atoms with Crippen molar-refractivity contribution in [3.8, 4) is 11.5 Å². The Balaban J connectivity index is 1.66. The second kappa shape index (κ2) is 10.2. The van der Waals surface area contributed by atoms with E-state index in [1.165, 1.54) is 7.11 Å². The van der Waals surface area contributed by atoms with Gasteiger partial charge in [0.1, 0.15) is 0 Å². The van der Waals surface area contributed by atoms with E-state index in [9.17, 15) is 10.2 Å². The maximum absolute atomic E-state index is 10.5. The Labute approximate surface area is 204 Å². The van der Waals surface area contributed by atoms with Gasteiger partial charge in [-0.1, -0.05) is 49.4 Å². The SMILES string of the molecule is COc1cccc(CNc2nc(NCC(C)C(C)(C)O)nc3c2ncn3Cc2ccccc2)c1O. The van der Waals surface area contributed by atoms with Gasteiger partial charge in [-0.2, -0.15) is 9.97 Å². The molecular weight excluding hydrogens is 444 g/mol. The molecule has 2 aromatic carbocycles.